The second kappa shape index (κ2) is 8.51. The Morgan fingerprint density at radius 3 is 2.33 bits per heavy atom. The van der Waals surface area contributed by atoms with Crippen LogP contribution in [-0.2, 0) is 4.79 Å². The van der Waals surface area contributed by atoms with Crippen molar-refractivity contribution < 1.29 is 9.53 Å². The second-order valence-electron chi connectivity index (χ2n) is 8.23. The number of hydrogen-bond acceptors (Lipinski definition) is 4. The zero-order valence-corrected chi connectivity index (χ0v) is 18.9. The van der Waals surface area contributed by atoms with E-state index in [2.05, 4.69) is 18.2 Å². The number of hydrogen-bond donors (Lipinski definition) is 0. The molecule has 2 heterocycles. The molecule has 1 unspecified atom stereocenters. The molecule has 3 aromatic carbocycles. The van der Waals surface area contributed by atoms with Gasteiger partial charge in [-0.2, -0.15) is 5.10 Å². The zero-order chi connectivity index (χ0) is 22.9. The number of nitrogens with zero attached hydrogens (tertiary/aromatic N) is 3. The maximum absolute atomic E-state index is 12.6. The van der Waals surface area contributed by atoms with Crippen LogP contribution in [0.3, 0.4) is 0 Å². The van der Waals surface area contributed by atoms with Crippen molar-refractivity contribution >= 4 is 22.5 Å². The summed E-state index contributed by atoms with van der Waals surface area (Å²) in [6, 6.07) is 26.2. The number of fused-ring (bicyclic) bond motifs is 1. The molecule has 0 spiro atoms. The van der Waals surface area contributed by atoms with E-state index >= 15 is 0 Å². The summed E-state index contributed by atoms with van der Waals surface area (Å²) < 4.78 is 5.30. The lowest BCUT2D eigenvalue weighted by Crippen LogP contribution is -2.24. The average molecular weight is 436 g/mol. The topological polar surface area (TPSA) is 54.8 Å². The molecule has 5 nitrogen and oxygen atoms in total. The average Bonchev–Trinajstić information content (AvgIpc) is 3.29. The van der Waals surface area contributed by atoms with Crippen molar-refractivity contribution in [3.05, 3.63) is 95.7 Å². The van der Waals surface area contributed by atoms with Crippen molar-refractivity contribution in [3.8, 4) is 16.9 Å². The summed E-state index contributed by atoms with van der Waals surface area (Å²) in [5.74, 6) is 0.701. The summed E-state index contributed by atoms with van der Waals surface area (Å²) in [4.78, 5) is 17.5. The highest BCUT2D eigenvalue weighted by Crippen LogP contribution is 2.39. The molecule has 0 radical (unpaired) electrons. The molecule has 164 valence electrons. The van der Waals surface area contributed by atoms with E-state index in [1.807, 2.05) is 67.6 Å². The Hall–Kier alpha value is -3.99. The van der Waals surface area contributed by atoms with Crippen LogP contribution < -0.4 is 4.74 Å². The molecule has 4 aromatic rings. The fourth-order valence-electron chi connectivity index (χ4n) is 4.63. The van der Waals surface area contributed by atoms with Crippen molar-refractivity contribution in [2.75, 3.05) is 7.11 Å². The fourth-order valence-corrected chi connectivity index (χ4v) is 4.63. The molecule has 0 bridgehead atoms. The van der Waals surface area contributed by atoms with Crippen molar-refractivity contribution in [1.82, 2.24) is 9.99 Å². The fraction of sp³-hybridized carbons (Fsp3) is 0.179. The van der Waals surface area contributed by atoms with Gasteiger partial charge in [0.15, 0.2) is 0 Å². The van der Waals surface area contributed by atoms with E-state index in [1.165, 1.54) is 0 Å². The number of aromatic nitrogens is 1. The molecule has 0 saturated heterocycles. The monoisotopic (exact) mass is 435 g/mol. The van der Waals surface area contributed by atoms with Crippen molar-refractivity contribution in [3.63, 3.8) is 0 Å². The van der Waals surface area contributed by atoms with E-state index in [4.69, 9.17) is 14.8 Å². The largest absolute Gasteiger partial charge is 0.497 e. The minimum absolute atomic E-state index is 0.0847. The molecule has 5 heteroatoms. The predicted octanol–water partition coefficient (Wildman–Crippen LogP) is 5.92. The summed E-state index contributed by atoms with van der Waals surface area (Å²) in [5.41, 5.74) is 6.98. The van der Waals surface area contributed by atoms with E-state index in [0.717, 1.165) is 50.3 Å². The van der Waals surface area contributed by atoms with Gasteiger partial charge in [-0.3, -0.25) is 9.78 Å². The molecule has 1 aromatic heterocycles. The summed E-state index contributed by atoms with van der Waals surface area (Å²) in [7, 11) is 1.65. The summed E-state index contributed by atoms with van der Waals surface area (Å²) in [6.07, 6.45) is 0.618. The zero-order valence-electron chi connectivity index (χ0n) is 18.9. The first-order valence-corrected chi connectivity index (χ1v) is 11.0. The molecule has 1 aliphatic heterocycles. The Bertz CT molecular complexity index is 1360. The quantitative estimate of drug-likeness (QED) is 0.400. The maximum Gasteiger partial charge on any atom is 0.240 e. The van der Waals surface area contributed by atoms with Crippen LogP contribution in [0, 0.1) is 6.92 Å². The Kier molecular flexibility index (Phi) is 5.38. The van der Waals surface area contributed by atoms with Crippen LogP contribution in [0.15, 0.2) is 84.0 Å². The lowest BCUT2D eigenvalue weighted by molar-refractivity contribution is -0.130. The van der Waals surface area contributed by atoms with Crippen LogP contribution in [0.5, 0.6) is 5.75 Å². The molecular weight excluding hydrogens is 410 g/mol. The molecule has 0 aliphatic carbocycles. The SMILES string of the molecule is COc1ccc(C2CC(c3c(C)nc4ccccc4c3-c3ccccc3)=NN2C(C)=O)cc1. The summed E-state index contributed by atoms with van der Waals surface area (Å²) >= 11 is 0. The number of benzene rings is 3. The Balaban J connectivity index is 1.68. The van der Waals surface area contributed by atoms with Crippen molar-refractivity contribution in [2.45, 2.75) is 26.3 Å². The van der Waals surface area contributed by atoms with Crippen LogP contribution in [0.1, 0.15) is 36.2 Å². The van der Waals surface area contributed by atoms with Gasteiger partial charge in [0.1, 0.15) is 5.75 Å². The van der Waals surface area contributed by atoms with Crippen LogP contribution in [0.4, 0.5) is 0 Å². The lowest BCUT2D eigenvalue weighted by Gasteiger charge is -2.20. The molecule has 1 aliphatic rings. The second-order valence-corrected chi connectivity index (χ2v) is 8.23. The maximum atomic E-state index is 12.6. The van der Waals surface area contributed by atoms with Gasteiger partial charge in [0.25, 0.3) is 0 Å². The van der Waals surface area contributed by atoms with E-state index in [9.17, 15) is 4.79 Å². The number of amides is 1. The predicted molar refractivity (Wildman–Crippen MR) is 131 cm³/mol. The molecule has 5 rings (SSSR count). The number of ether oxygens (including phenoxy) is 1. The normalized spacial score (nSPS) is 15.5. The van der Waals surface area contributed by atoms with Crippen LogP contribution >= 0.6 is 0 Å². The highest BCUT2D eigenvalue weighted by molar-refractivity contribution is 6.13. The van der Waals surface area contributed by atoms with Crippen LogP contribution in [0.25, 0.3) is 22.0 Å². The molecule has 1 atom stereocenters. The van der Waals surface area contributed by atoms with Gasteiger partial charge < -0.3 is 4.74 Å². The van der Waals surface area contributed by atoms with Gasteiger partial charge in [-0.25, -0.2) is 5.01 Å². The highest BCUT2D eigenvalue weighted by atomic mass is 16.5. The number of methoxy groups -OCH3 is 1. The third-order valence-electron chi connectivity index (χ3n) is 6.16. The van der Waals surface area contributed by atoms with Crippen LogP contribution in [-0.4, -0.2) is 28.7 Å². The smallest absolute Gasteiger partial charge is 0.240 e. The highest BCUT2D eigenvalue weighted by Gasteiger charge is 2.33. The van der Waals surface area contributed by atoms with E-state index in [-0.39, 0.29) is 11.9 Å². The number of aryl methyl sites for hydroxylation is 1. The van der Waals surface area contributed by atoms with Gasteiger partial charge >= 0.3 is 0 Å². The van der Waals surface area contributed by atoms with Gasteiger partial charge in [0, 0.05) is 35.6 Å². The summed E-state index contributed by atoms with van der Waals surface area (Å²) in [5, 5.41) is 7.52. The third-order valence-corrected chi connectivity index (χ3v) is 6.16. The first-order valence-electron chi connectivity index (χ1n) is 11.0. The number of hydrazone groups is 1. The Morgan fingerprint density at radius 1 is 0.939 bits per heavy atom. The van der Waals surface area contributed by atoms with Gasteiger partial charge in [-0.15, -0.1) is 0 Å². The molecule has 33 heavy (non-hydrogen) atoms. The summed E-state index contributed by atoms with van der Waals surface area (Å²) in [6.45, 7) is 3.59. The van der Waals surface area contributed by atoms with Crippen molar-refractivity contribution in [1.29, 1.82) is 0 Å². The van der Waals surface area contributed by atoms with E-state index < -0.39 is 0 Å². The molecular formula is C28H25N3O2. The van der Waals surface area contributed by atoms with Gasteiger partial charge in [-0.05, 0) is 36.2 Å². The number of carbonyl (C=O) groups excluding carboxylic acids is 1. The van der Waals surface area contributed by atoms with Gasteiger partial charge in [0.05, 0.1) is 24.4 Å². The number of rotatable bonds is 4. The lowest BCUT2D eigenvalue weighted by atomic mass is 9.89. The first kappa shape index (κ1) is 20.9. The van der Waals surface area contributed by atoms with Gasteiger partial charge in [0.2, 0.25) is 5.91 Å². The van der Waals surface area contributed by atoms with E-state index in [0.29, 0.717) is 6.42 Å². The van der Waals surface area contributed by atoms with Crippen LogP contribution in [0.2, 0.25) is 0 Å². The molecule has 1 amide bonds. The minimum atomic E-state index is -0.169. The number of pyridine rings is 1. The molecule has 0 fully saturated rings. The van der Waals surface area contributed by atoms with E-state index in [1.54, 1.807) is 19.0 Å². The molecule has 0 saturated carbocycles. The Morgan fingerprint density at radius 2 is 1.64 bits per heavy atom. The Labute approximate surface area is 193 Å². The standard InChI is InChI=1S/C28H25N3O2/c1-18-27(28(21-9-5-4-6-10-21)23-11-7-8-12-24(23)29-18)25-17-26(31(30-25)19(2)32)20-13-15-22(33-3)16-14-20/h4-16,26H,17H2,1-3H3. The van der Waals surface area contributed by atoms with Gasteiger partial charge in [-0.1, -0.05) is 60.7 Å². The number of carbonyl (C=O) groups is 1. The van der Waals surface area contributed by atoms with Crippen molar-refractivity contribution in [2.24, 2.45) is 5.10 Å². The first-order chi connectivity index (χ1) is 16.1. The third kappa shape index (κ3) is 3.76. The number of para-hydroxylation sites is 1. The minimum Gasteiger partial charge on any atom is -0.497 e. The molecule has 0 N–H and O–H groups in total.